The third-order valence-electron chi connectivity index (χ3n) is 5.55. The third-order valence-corrected chi connectivity index (χ3v) is 5.55. The van der Waals surface area contributed by atoms with E-state index >= 15 is 0 Å². The normalized spacial score (nSPS) is 24.5. The molecule has 2 heterocycles. The van der Waals surface area contributed by atoms with Crippen molar-refractivity contribution in [3.63, 3.8) is 0 Å². The second kappa shape index (κ2) is 7.50. The maximum absolute atomic E-state index is 13.5. The lowest BCUT2D eigenvalue weighted by molar-refractivity contribution is 0.0709. The van der Waals surface area contributed by atoms with Crippen LogP contribution in [-0.2, 0) is 0 Å². The molecule has 0 aliphatic carbocycles. The molecule has 4 nitrogen and oxygen atoms in total. The fourth-order valence-electron chi connectivity index (χ4n) is 4.34. The third kappa shape index (κ3) is 3.10. The van der Waals surface area contributed by atoms with E-state index in [1.165, 1.54) is 5.56 Å². The van der Waals surface area contributed by atoms with Crippen molar-refractivity contribution < 1.29 is 9.53 Å². The summed E-state index contributed by atoms with van der Waals surface area (Å²) in [5.74, 6) is 1.78. The van der Waals surface area contributed by atoms with Crippen LogP contribution in [0.15, 0.2) is 54.6 Å². The molecule has 4 rings (SSSR count). The van der Waals surface area contributed by atoms with Crippen LogP contribution in [0.25, 0.3) is 0 Å². The SMILES string of the molecule is CCCOc1ccccc1C(=O)N1C[C@@H]2CNC[C@@H]2[C@H]1c1ccccc1. The number of nitrogens with one attached hydrogen (secondary N) is 1. The van der Waals surface area contributed by atoms with Gasteiger partial charge in [0.15, 0.2) is 0 Å². The summed E-state index contributed by atoms with van der Waals surface area (Å²) in [6, 6.07) is 18.2. The van der Waals surface area contributed by atoms with Crippen LogP contribution in [0.2, 0.25) is 0 Å². The van der Waals surface area contributed by atoms with Gasteiger partial charge in [0.2, 0.25) is 0 Å². The number of benzene rings is 2. The molecule has 0 radical (unpaired) electrons. The molecule has 2 aromatic carbocycles. The molecule has 1 amide bonds. The molecule has 2 aliphatic heterocycles. The fourth-order valence-corrected chi connectivity index (χ4v) is 4.34. The number of nitrogens with zero attached hydrogens (tertiary/aromatic N) is 1. The highest BCUT2D eigenvalue weighted by molar-refractivity contribution is 5.97. The molecule has 0 bridgehead atoms. The molecule has 2 fully saturated rings. The smallest absolute Gasteiger partial charge is 0.258 e. The van der Waals surface area contributed by atoms with Crippen LogP contribution in [0.5, 0.6) is 5.75 Å². The van der Waals surface area contributed by atoms with Gasteiger partial charge in [0.05, 0.1) is 18.2 Å². The van der Waals surface area contributed by atoms with E-state index < -0.39 is 0 Å². The van der Waals surface area contributed by atoms with E-state index in [1.54, 1.807) is 0 Å². The molecule has 2 aromatic rings. The first-order valence-corrected chi connectivity index (χ1v) is 9.58. The minimum absolute atomic E-state index is 0.0833. The summed E-state index contributed by atoms with van der Waals surface area (Å²) < 4.78 is 5.84. The van der Waals surface area contributed by atoms with Gasteiger partial charge >= 0.3 is 0 Å². The molecular weight excluding hydrogens is 324 g/mol. The fraction of sp³-hybridized carbons (Fsp3) is 0.409. The van der Waals surface area contributed by atoms with Gasteiger partial charge in [-0.25, -0.2) is 0 Å². The maximum Gasteiger partial charge on any atom is 0.258 e. The van der Waals surface area contributed by atoms with E-state index in [-0.39, 0.29) is 11.9 Å². The van der Waals surface area contributed by atoms with Crippen LogP contribution in [0.3, 0.4) is 0 Å². The van der Waals surface area contributed by atoms with Crippen LogP contribution in [0.4, 0.5) is 0 Å². The Hall–Kier alpha value is -2.33. The number of amides is 1. The molecule has 0 saturated carbocycles. The molecule has 4 heteroatoms. The Morgan fingerprint density at radius 3 is 2.69 bits per heavy atom. The summed E-state index contributed by atoms with van der Waals surface area (Å²) in [5, 5.41) is 3.50. The van der Waals surface area contributed by atoms with Crippen molar-refractivity contribution in [3.8, 4) is 5.75 Å². The standard InChI is InChI=1S/C22H26N2O2/c1-2-12-26-20-11-7-6-10-18(20)22(25)24-15-17-13-23-14-19(17)21(24)16-8-4-3-5-9-16/h3-11,17,19,21,23H,2,12-15H2,1H3/t17-,19-,21+/m0/s1. The Balaban J connectivity index is 1.66. The van der Waals surface area contributed by atoms with Crippen LogP contribution in [0.1, 0.15) is 35.3 Å². The molecule has 2 aliphatic rings. The quantitative estimate of drug-likeness (QED) is 0.897. The Morgan fingerprint density at radius 1 is 1.12 bits per heavy atom. The van der Waals surface area contributed by atoms with Crippen molar-refractivity contribution in [1.29, 1.82) is 0 Å². The number of carbonyl (C=O) groups excluding carboxylic acids is 1. The highest BCUT2D eigenvalue weighted by Gasteiger charge is 2.47. The van der Waals surface area contributed by atoms with Gasteiger partial charge in [-0.3, -0.25) is 4.79 Å². The first-order valence-electron chi connectivity index (χ1n) is 9.58. The summed E-state index contributed by atoms with van der Waals surface area (Å²) in [7, 11) is 0. The largest absolute Gasteiger partial charge is 0.493 e. The highest BCUT2D eigenvalue weighted by Crippen LogP contribution is 2.43. The topological polar surface area (TPSA) is 41.6 Å². The number of rotatable bonds is 5. The number of ether oxygens (including phenoxy) is 1. The number of likely N-dealkylation sites (tertiary alicyclic amines) is 1. The van der Waals surface area contributed by atoms with Crippen molar-refractivity contribution in [2.75, 3.05) is 26.2 Å². The number of fused-ring (bicyclic) bond motifs is 1. The van der Waals surface area contributed by atoms with Gasteiger partial charge in [0.1, 0.15) is 5.75 Å². The zero-order valence-corrected chi connectivity index (χ0v) is 15.2. The summed E-state index contributed by atoms with van der Waals surface area (Å²) >= 11 is 0. The van der Waals surface area contributed by atoms with Crippen molar-refractivity contribution in [3.05, 3.63) is 65.7 Å². The van der Waals surface area contributed by atoms with E-state index in [2.05, 4.69) is 41.4 Å². The second-order valence-corrected chi connectivity index (χ2v) is 7.24. The molecular formula is C22H26N2O2. The van der Waals surface area contributed by atoms with E-state index in [0.29, 0.717) is 29.8 Å². The van der Waals surface area contributed by atoms with Crippen molar-refractivity contribution in [2.45, 2.75) is 19.4 Å². The molecule has 136 valence electrons. The van der Waals surface area contributed by atoms with E-state index in [0.717, 1.165) is 26.1 Å². The predicted octanol–water partition coefficient (Wildman–Crippen LogP) is 3.51. The predicted molar refractivity (Wildman–Crippen MR) is 102 cm³/mol. The van der Waals surface area contributed by atoms with Crippen LogP contribution in [0, 0.1) is 11.8 Å². The van der Waals surface area contributed by atoms with Gasteiger partial charge in [-0.2, -0.15) is 0 Å². The summed E-state index contributed by atoms with van der Waals surface area (Å²) in [4.78, 5) is 15.5. The Bertz CT molecular complexity index is 762. The van der Waals surface area contributed by atoms with Crippen LogP contribution < -0.4 is 10.1 Å². The van der Waals surface area contributed by atoms with Gasteiger partial charge in [0, 0.05) is 25.6 Å². The number of carbonyl (C=O) groups is 1. The first-order chi connectivity index (χ1) is 12.8. The summed E-state index contributed by atoms with van der Waals surface area (Å²) in [6.07, 6.45) is 0.925. The molecule has 1 N–H and O–H groups in total. The monoisotopic (exact) mass is 350 g/mol. The second-order valence-electron chi connectivity index (χ2n) is 7.24. The Kier molecular flexibility index (Phi) is 4.93. The number of hydrogen-bond acceptors (Lipinski definition) is 3. The van der Waals surface area contributed by atoms with Crippen LogP contribution >= 0.6 is 0 Å². The molecule has 3 atom stereocenters. The van der Waals surface area contributed by atoms with Gasteiger partial charge in [0.25, 0.3) is 5.91 Å². The van der Waals surface area contributed by atoms with Crippen molar-refractivity contribution in [1.82, 2.24) is 10.2 Å². The van der Waals surface area contributed by atoms with E-state index in [4.69, 9.17) is 4.74 Å². The Morgan fingerprint density at radius 2 is 1.88 bits per heavy atom. The summed E-state index contributed by atoms with van der Waals surface area (Å²) in [5.41, 5.74) is 1.90. The first kappa shape index (κ1) is 17.1. The molecule has 2 saturated heterocycles. The number of hydrogen-bond donors (Lipinski definition) is 1. The van der Waals surface area contributed by atoms with Gasteiger partial charge < -0.3 is 15.0 Å². The molecule has 0 spiro atoms. The Labute approximate surface area is 155 Å². The van der Waals surface area contributed by atoms with Crippen molar-refractivity contribution >= 4 is 5.91 Å². The average Bonchev–Trinajstić information content (AvgIpc) is 3.28. The lowest BCUT2D eigenvalue weighted by Crippen LogP contribution is -2.35. The number of para-hydroxylation sites is 1. The minimum atomic E-state index is 0.0833. The van der Waals surface area contributed by atoms with E-state index in [9.17, 15) is 4.79 Å². The summed E-state index contributed by atoms with van der Waals surface area (Å²) in [6.45, 7) is 5.47. The van der Waals surface area contributed by atoms with Crippen LogP contribution in [-0.4, -0.2) is 37.0 Å². The highest BCUT2D eigenvalue weighted by atomic mass is 16.5. The maximum atomic E-state index is 13.5. The lowest BCUT2D eigenvalue weighted by Gasteiger charge is -2.29. The molecule has 0 unspecified atom stereocenters. The van der Waals surface area contributed by atoms with Gasteiger partial charge in [-0.05, 0) is 30.0 Å². The zero-order chi connectivity index (χ0) is 17.9. The molecule has 0 aromatic heterocycles. The minimum Gasteiger partial charge on any atom is -0.493 e. The molecule has 26 heavy (non-hydrogen) atoms. The van der Waals surface area contributed by atoms with E-state index in [1.807, 2.05) is 30.3 Å². The average molecular weight is 350 g/mol. The van der Waals surface area contributed by atoms with Gasteiger partial charge in [-0.15, -0.1) is 0 Å². The lowest BCUT2D eigenvalue weighted by atomic mass is 9.89. The van der Waals surface area contributed by atoms with Gasteiger partial charge in [-0.1, -0.05) is 49.4 Å². The zero-order valence-electron chi connectivity index (χ0n) is 15.2. The van der Waals surface area contributed by atoms with Crippen molar-refractivity contribution in [2.24, 2.45) is 11.8 Å².